The van der Waals surface area contributed by atoms with Crippen molar-refractivity contribution in [3.8, 4) is 6.07 Å². The summed E-state index contributed by atoms with van der Waals surface area (Å²) in [6.07, 6.45) is 2.06. The molecule has 0 aromatic carbocycles. The Morgan fingerprint density at radius 3 is 2.54 bits per heavy atom. The van der Waals surface area contributed by atoms with E-state index in [1.807, 2.05) is 0 Å². The number of nitrogens with two attached hydrogens (primary N) is 1. The average molecular weight is 334 g/mol. The molecule has 1 saturated heterocycles. The van der Waals surface area contributed by atoms with Crippen LogP contribution >= 0.6 is 0 Å². The fraction of sp³-hybridized carbons (Fsp3) is 0.889. The Kier molecular flexibility index (Phi) is 2.36. The van der Waals surface area contributed by atoms with E-state index >= 15 is 0 Å². The zero-order valence-electron chi connectivity index (χ0n) is 15.6. The van der Waals surface area contributed by atoms with Gasteiger partial charge < -0.3 is 20.8 Å². The first-order valence-corrected chi connectivity index (χ1v) is 8.95. The van der Waals surface area contributed by atoms with E-state index in [-0.39, 0.29) is 17.7 Å². The van der Waals surface area contributed by atoms with Crippen molar-refractivity contribution < 1.29 is 17.7 Å². The van der Waals surface area contributed by atoms with Crippen molar-refractivity contribution in [2.45, 2.75) is 80.6 Å². The Morgan fingerprint density at radius 2 is 1.96 bits per heavy atom. The molecular weight excluding hydrogens is 307 g/mol. The lowest BCUT2D eigenvalue weighted by molar-refractivity contribution is -0.234. The molecule has 6 nitrogen and oxygen atoms in total. The normalized spacial score (nSPS) is 58.5. The molecule has 24 heavy (non-hydrogen) atoms. The number of carbonyl (C=O) groups excluding carboxylic acids is 1. The van der Waals surface area contributed by atoms with Crippen LogP contribution in [-0.4, -0.2) is 50.3 Å². The van der Waals surface area contributed by atoms with E-state index in [1.54, 1.807) is 0 Å². The lowest BCUT2D eigenvalue weighted by Gasteiger charge is -2.64. The van der Waals surface area contributed by atoms with E-state index in [2.05, 4.69) is 6.07 Å². The third-order valence-electron chi connectivity index (χ3n) is 7.15. The van der Waals surface area contributed by atoms with Crippen LogP contribution in [0.2, 0.25) is 0 Å². The van der Waals surface area contributed by atoms with E-state index in [4.69, 9.17) is 8.48 Å². The van der Waals surface area contributed by atoms with E-state index in [1.165, 1.54) is 4.90 Å². The maximum atomic E-state index is 13.3. The summed E-state index contributed by atoms with van der Waals surface area (Å²) in [6, 6.07) is 0.00381. The molecule has 5 saturated carbocycles. The summed E-state index contributed by atoms with van der Waals surface area (Å²) in [6.45, 7) is 0. The average Bonchev–Trinajstić information content (AvgIpc) is 2.88. The topological polar surface area (TPSA) is 111 Å². The van der Waals surface area contributed by atoms with Gasteiger partial charge in [-0.15, -0.1) is 0 Å². The molecule has 4 N–H and O–H groups in total. The largest absolute Gasteiger partial charge is 0.390 e. The number of hydrogen-bond acceptors (Lipinski definition) is 5. The molecule has 6 heteroatoms. The van der Waals surface area contributed by atoms with Crippen LogP contribution in [0, 0.1) is 28.6 Å². The van der Waals surface area contributed by atoms with Gasteiger partial charge in [-0.2, -0.15) is 5.26 Å². The number of amides is 1. The summed E-state index contributed by atoms with van der Waals surface area (Å²) in [4.78, 5) is 14.7. The Morgan fingerprint density at radius 1 is 1.29 bits per heavy atom. The molecule has 5 aliphatic carbocycles. The van der Waals surface area contributed by atoms with Gasteiger partial charge in [-0.05, 0) is 56.7 Å². The molecule has 0 aromatic rings. The number of nitriles is 1. The highest BCUT2D eigenvalue weighted by Crippen LogP contribution is 2.64. The van der Waals surface area contributed by atoms with Crippen LogP contribution in [0.15, 0.2) is 0 Å². The van der Waals surface area contributed by atoms with E-state index in [9.17, 15) is 20.3 Å². The fourth-order valence-electron chi connectivity index (χ4n) is 6.77. The molecule has 6 fully saturated rings. The number of fused-ring (bicyclic) bond motifs is 1. The van der Waals surface area contributed by atoms with Crippen LogP contribution in [0.3, 0.4) is 0 Å². The van der Waals surface area contributed by atoms with Gasteiger partial charge in [0, 0.05) is 20.6 Å². The number of likely N-dealkylation sites (tertiary alicyclic amines) is 1. The lowest BCUT2D eigenvalue weighted by Crippen LogP contribution is -2.69. The van der Waals surface area contributed by atoms with Gasteiger partial charge >= 0.3 is 0 Å². The predicted octanol–water partition coefficient (Wildman–Crippen LogP) is 0.273. The van der Waals surface area contributed by atoms with Crippen molar-refractivity contribution in [1.29, 1.82) is 5.26 Å². The molecule has 1 heterocycles. The smallest absolute Gasteiger partial charge is 0.241 e. The highest BCUT2D eigenvalue weighted by Gasteiger charge is 2.66. The molecule has 2 unspecified atom stereocenters. The number of aliphatic hydroxyl groups is 2. The highest BCUT2D eigenvalue weighted by molar-refractivity contribution is 5.84. The molecular formula is C18H25N3O3. The summed E-state index contributed by atoms with van der Waals surface area (Å²) >= 11 is 0. The summed E-state index contributed by atoms with van der Waals surface area (Å²) in [5, 5.41) is 31.2. The number of carbonyl (C=O) groups is 1. The van der Waals surface area contributed by atoms with Crippen molar-refractivity contribution in [3.63, 3.8) is 0 Å². The van der Waals surface area contributed by atoms with Crippen LogP contribution in [0.25, 0.3) is 0 Å². The Hall–Kier alpha value is -1.16. The van der Waals surface area contributed by atoms with Crippen LogP contribution in [0.1, 0.15) is 54.1 Å². The molecule has 0 spiro atoms. The van der Waals surface area contributed by atoms with Gasteiger partial charge in [0.1, 0.15) is 6.04 Å². The molecule has 1 amide bonds. The minimum atomic E-state index is -1.44. The van der Waals surface area contributed by atoms with Gasteiger partial charge in [0.25, 0.3) is 0 Å². The minimum Gasteiger partial charge on any atom is -0.390 e. The fourth-order valence-corrected chi connectivity index (χ4v) is 6.77. The SMILES string of the molecule is [2H]C1([2H])[C@H]2C[C@@H](C#N)N([13C](=O)[C@@H](N)C34CC5CC(O)(CC(O)(C5)C3)C4)[C@H]21. The molecule has 0 aromatic heterocycles. The van der Waals surface area contributed by atoms with Crippen LogP contribution < -0.4 is 5.73 Å². The van der Waals surface area contributed by atoms with Crippen LogP contribution in [0.4, 0.5) is 0 Å². The zero-order valence-corrected chi connectivity index (χ0v) is 13.6. The van der Waals surface area contributed by atoms with E-state index in [0.29, 0.717) is 44.9 Å². The first-order valence-electron chi connectivity index (χ1n) is 9.95. The molecule has 0 radical (unpaired) electrons. The second kappa shape index (κ2) is 4.32. The standard InChI is InChI=1S/C18H25N3O3/c19-6-12-1-11-2-13(11)21(12)15(22)14(20)16-3-10-4-17(23,7-16)9-18(24,5-10)8-16/h10-14,23-24H,1-5,7-9,20H2/t10?,11-,12+,13+,14-,16?,17?,18?/m1/s1/i2D2,15+1. The molecule has 1 aliphatic heterocycles. The second-order valence-electron chi connectivity index (χ2n) is 9.14. The third kappa shape index (κ3) is 1.89. The first kappa shape index (κ1) is 13.1. The molecule has 6 aliphatic rings. The number of hydrogen-bond donors (Lipinski definition) is 3. The van der Waals surface area contributed by atoms with Crippen molar-refractivity contribution in [2.24, 2.45) is 23.0 Å². The van der Waals surface area contributed by atoms with Gasteiger partial charge in [0.2, 0.25) is 5.91 Å². The van der Waals surface area contributed by atoms with Gasteiger partial charge in [-0.1, -0.05) is 0 Å². The number of rotatable bonds is 2. The van der Waals surface area contributed by atoms with Gasteiger partial charge in [-0.3, -0.25) is 4.79 Å². The first-order chi connectivity index (χ1) is 12.0. The summed E-state index contributed by atoms with van der Waals surface area (Å²) in [7, 11) is 0. The maximum absolute atomic E-state index is 13.3. The maximum Gasteiger partial charge on any atom is 0.241 e. The summed E-state index contributed by atoms with van der Waals surface area (Å²) < 4.78 is 16.0. The van der Waals surface area contributed by atoms with Crippen molar-refractivity contribution >= 4 is 5.91 Å². The van der Waals surface area contributed by atoms with Gasteiger partial charge in [0.05, 0.1) is 23.3 Å². The van der Waals surface area contributed by atoms with Crippen molar-refractivity contribution in [2.75, 3.05) is 0 Å². The molecule has 6 atom stereocenters. The Bertz CT molecular complexity index is 720. The molecule has 6 rings (SSSR count). The monoisotopic (exact) mass is 334 g/mol. The van der Waals surface area contributed by atoms with E-state index in [0.717, 1.165) is 0 Å². The van der Waals surface area contributed by atoms with Crippen molar-refractivity contribution in [1.82, 2.24) is 4.90 Å². The number of piperidine rings is 1. The lowest BCUT2D eigenvalue weighted by atomic mass is 9.45. The van der Waals surface area contributed by atoms with Crippen LogP contribution in [0.5, 0.6) is 0 Å². The Balaban J connectivity index is 1.46. The molecule has 4 bridgehead atoms. The zero-order chi connectivity index (χ0) is 18.7. The highest BCUT2D eigenvalue weighted by atomic mass is 16.3. The van der Waals surface area contributed by atoms with Crippen molar-refractivity contribution in [3.05, 3.63) is 0 Å². The third-order valence-corrected chi connectivity index (χ3v) is 7.15. The molecule has 130 valence electrons. The van der Waals surface area contributed by atoms with Gasteiger partial charge in [-0.25, -0.2) is 0 Å². The minimum absolute atomic E-state index is 0.158. The number of nitrogens with zero attached hydrogens (tertiary/aromatic N) is 2. The summed E-state index contributed by atoms with van der Waals surface area (Å²) in [5.41, 5.74) is 3.85. The van der Waals surface area contributed by atoms with Gasteiger partial charge in [0.15, 0.2) is 0 Å². The summed E-state index contributed by atoms with van der Waals surface area (Å²) in [5.74, 6) is -0.516. The Labute approximate surface area is 144 Å². The second-order valence-corrected chi connectivity index (χ2v) is 9.14. The van der Waals surface area contributed by atoms with E-state index < -0.39 is 41.1 Å². The predicted molar refractivity (Wildman–Crippen MR) is 84.3 cm³/mol. The quantitative estimate of drug-likeness (QED) is 0.628. The van der Waals surface area contributed by atoms with Crippen LogP contribution in [-0.2, 0) is 4.79 Å².